The minimum absolute atomic E-state index is 0.0131. The summed E-state index contributed by atoms with van der Waals surface area (Å²) >= 11 is 0. The van der Waals surface area contributed by atoms with E-state index in [9.17, 15) is 28.1 Å². The fourth-order valence-electron chi connectivity index (χ4n) is 4.60. The van der Waals surface area contributed by atoms with E-state index in [1.165, 1.54) is 24.1 Å². The van der Waals surface area contributed by atoms with E-state index in [-0.39, 0.29) is 30.1 Å². The van der Waals surface area contributed by atoms with E-state index in [0.717, 1.165) is 33.3 Å². The fourth-order valence-corrected chi connectivity index (χ4v) is 5.44. The van der Waals surface area contributed by atoms with Gasteiger partial charge in [-0.05, 0) is 44.9 Å². The van der Waals surface area contributed by atoms with Gasteiger partial charge in [-0.2, -0.15) is 0 Å². The molecule has 3 aromatic rings. The van der Waals surface area contributed by atoms with Gasteiger partial charge in [0.1, 0.15) is 24.0 Å². The number of carbonyl (C=O) groups is 2. The summed E-state index contributed by atoms with van der Waals surface area (Å²) in [5, 5.41) is 14.5. The summed E-state index contributed by atoms with van der Waals surface area (Å²) < 4.78 is 32.2. The van der Waals surface area contributed by atoms with Crippen molar-refractivity contribution in [2.45, 2.75) is 52.2 Å². The zero-order chi connectivity index (χ0) is 31.9. The van der Waals surface area contributed by atoms with E-state index >= 15 is 0 Å². The van der Waals surface area contributed by atoms with Crippen molar-refractivity contribution in [1.82, 2.24) is 10.2 Å². The Morgan fingerprint density at radius 3 is 2.21 bits per heavy atom. The topological polar surface area (TPSA) is 139 Å². The van der Waals surface area contributed by atoms with E-state index in [2.05, 4.69) is 5.32 Å². The third-order valence-electron chi connectivity index (χ3n) is 6.53. The fraction of sp³-hybridized carbons (Fsp3) is 0.355. The molecular weight excluding hydrogens is 572 g/mol. The highest BCUT2D eigenvalue weighted by Crippen LogP contribution is 2.34. The first-order valence-corrected chi connectivity index (χ1v) is 15.4. The van der Waals surface area contributed by atoms with Crippen molar-refractivity contribution in [3.05, 3.63) is 99.6 Å². The van der Waals surface area contributed by atoms with Crippen LogP contribution in [0.2, 0.25) is 0 Å². The molecule has 1 N–H and O–H groups in total. The van der Waals surface area contributed by atoms with Crippen LogP contribution in [0.1, 0.15) is 37.5 Å². The number of ether oxygens (including phenoxy) is 1. The van der Waals surface area contributed by atoms with E-state index < -0.39 is 44.9 Å². The molecule has 230 valence electrons. The maximum atomic E-state index is 14.2. The van der Waals surface area contributed by atoms with E-state index in [0.29, 0.717) is 0 Å². The van der Waals surface area contributed by atoms with Gasteiger partial charge in [-0.1, -0.05) is 60.2 Å². The number of methoxy groups -OCH3 is 1. The SMILES string of the molecule is COc1ccc([N+](=O)[O-])cc1N(CC(=O)N(Cc1cccc(C)c1)C(Cc1ccccc1)C(=O)NC(C)(C)C)S(C)(=O)=O. The molecule has 43 heavy (non-hydrogen) atoms. The minimum Gasteiger partial charge on any atom is -0.495 e. The second kappa shape index (κ2) is 13.7. The molecule has 12 heteroatoms. The molecule has 0 bridgehead atoms. The zero-order valence-corrected chi connectivity index (χ0v) is 26.1. The number of hydrogen-bond acceptors (Lipinski definition) is 7. The Labute approximate surface area is 252 Å². The number of non-ortho nitro benzene ring substituents is 1. The molecule has 0 radical (unpaired) electrons. The highest BCUT2D eigenvalue weighted by Gasteiger charge is 2.35. The van der Waals surface area contributed by atoms with Crippen molar-refractivity contribution >= 4 is 33.2 Å². The molecule has 11 nitrogen and oxygen atoms in total. The normalized spacial score (nSPS) is 12.2. The molecule has 0 saturated carbocycles. The molecule has 0 fully saturated rings. The van der Waals surface area contributed by atoms with E-state index in [1.54, 1.807) is 0 Å². The van der Waals surface area contributed by atoms with Crippen molar-refractivity contribution in [3.8, 4) is 5.75 Å². The van der Waals surface area contributed by atoms with Crippen LogP contribution >= 0.6 is 0 Å². The van der Waals surface area contributed by atoms with Crippen molar-refractivity contribution < 1.29 is 27.7 Å². The first kappa shape index (κ1) is 33.1. The van der Waals surface area contributed by atoms with Crippen molar-refractivity contribution in [1.29, 1.82) is 0 Å². The van der Waals surface area contributed by atoms with Crippen LogP contribution in [0.3, 0.4) is 0 Å². The molecule has 0 aliphatic carbocycles. The van der Waals surface area contributed by atoms with Gasteiger partial charge in [0.2, 0.25) is 21.8 Å². The second-order valence-electron chi connectivity index (χ2n) is 11.3. The zero-order valence-electron chi connectivity index (χ0n) is 25.2. The number of nitrogens with one attached hydrogen (secondary N) is 1. The van der Waals surface area contributed by atoms with Crippen LogP contribution in [-0.2, 0) is 32.6 Å². The Kier molecular flexibility index (Phi) is 10.5. The molecular formula is C31H38N4O7S. The van der Waals surface area contributed by atoms with Crippen LogP contribution in [-0.4, -0.2) is 61.5 Å². The summed E-state index contributed by atoms with van der Waals surface area (Å²) in [4.78, 5) is 40.3. The number of rotatable bonds is 12. The van der Waals surface area contributed by atoms with Crippen molar-refractivity contribution in [3.63, 3.8) is 0 Å². The number of anilines is 1. The third-order valence-corrected chi connectivity index (χ3v) is 7.65. The van der Waals surface area contributed by atoms with Gasteiger partial charge in [0.25, 0.3) is 5.69 Å². The summed E-state index contributed by atoms with van der Waals surface area (Å²) in [5.74, 6) is -1.05. The average molecular weight is 611 g/mol. The first-order chi connectivity index (χ1) is 20.1. The van der Waals surface area contributed by atoms with Crippen LogP contribution in [0.5, 0.6) is 5.75 Å². The molecule has 3 rings (SSSR count). The van der Waals surface area contributed by atoms with Crippen molar-refractivity contribution in [2.75, 3.05) is 24.2 Å². The van der Waals surface area contributed by atoms with Crippen LogP contribution in [0.4, 0.5) is 11.4 Å². The lowest BCUT2D eigenvalue weighted by atomic mass is 10.0. The minimum atomic E-state index is -4.15. The standard InChI is InChI=1S/C31H38N4O7S/c1-22-11-10-14-24(17-22)20-33(27(30(37)32-31(2,3)4)18-23-12-8-7-9-13-23)29(36)21-34(43(6,40)41)26-19-25(35(38)39)15-16-28(26)42-5/h7-17,19,27H,18,20-21H2,1-6H3,(H,32,37). The number of benzene rings is 3. The van der Waals surface area contributed by atoms with Gasteiger partial charge in [0.05, 0.1) is 18.3 Å². The Morgan fingerprint density at radius 2 is 1.65 bits per heavy atom. The second-order valence-corrected chi connectivity index (χ2v) is 13.2. The number of hydrogen-bond donors (Lipinski definition) is 1. The van der Waals surface area contributed by atoms with Gasteiger partial charge in [0.15, 0.2) is 0 Å². The summed E-state index contributed by atoms with van der Waals surface area (Å²) in [5.41, 5.74) is 1.34. The lowest BCUT2D eigenvalue weighted by molar-refractivity contribution is -0.384. The lowest BCUT2D eigenvalue weighted by Crippen LogP contribution is -2.56. The summed E-state index contributed by atoms with van der Waals surface area (Å²) in [6.07, 6.45) is 1.07. The molecule has 1 atom stereocenters. The van der Waals surface area contributed by atoms with Crippen molar-refractivity contribution in [2.24, 2.45) is 0 Å². The highest BCUT2D eigenvalue weighted by atomic mass is 32.2. The molecule has 0 aliphatic rings. The number of amides is 2. The Bertz CT molecular complexity index is 1570. The molecule has 2 amide bonds. The maximum absolute atomic E-state index is 14.2. The number of nitro benzene ring substituents is 1. The molecule has 0 saturated heterocycles. The van der Waals surface area contributed by atoms with Gasteiger partial charge < -0.3 is 15.0 Å². The number of aryl methyl sites for hydroxylation is 1. The molecule has 0 aromatic heterocycles. The molecule has 0 aliphatic heterocycles. The summed E-state index contributed by atoms with van der Waals surface area (Å²) in [7, 11) is -2.86. The average Bonchev–Trinajstić information content (AvgIpc) is 2.92. The number of nitro groups is 1. The molecule has 1 unspecified atom stereocenters. The van der Waals surface area contributed by atoms with Gasteiger partial charge in [-0.3, -0.25) is 24.0 Å². The van der Waals surface area contributed by atoms with E-state index in [4.69, 9.17) is 4.74 Å². The van der Waals surface area contributed by atoms with Crippen LogP contribution in [0.15, 0.2) is 72.8 Å². The van der Waals surface area contributed by atoms with Gasteiger partial charge >= 0.3 is 0 Å². The lowest BCUT2D eigenvalue weighted by Gasteiger charge is -2.35. The van der Waals surface area contributed by atoms with Crippen LogP contribution in [0, 0.1) is 17.0 Å². The number of nitrogens with zero attached hydrogens (tertiary/aromatic N) is 3. The quantitative estimate of drug-likeness (QED) is 0.239. The maximum Gasteiger partial charge on any atom is 0.271 e. The molecule has 3 aromatic carbocycles. The Balaban J connectivity index is 2.15. The monoisotopic (exact) mass is 610 g/mol. The largest absolute Gasteiger partial charge is 0.495 e. The van der Waals surface area contributed by atoms with Crippen LogP contribution < -0.4 is 14.4 Å². The van der Waals surface area contributed by atoms with E-state index in [1.807, 2.05) is 82.3 Å². The van der Waals surface area contributed by atoms with Gasteiger partial charge in [-0.15, -0.1) is 0 Å². The Hall–Kier alpha value is -4.45. The summed E-state index contributed by atoms with van der Waals surface area (Å²) in [6.45, 7) is 6.68. The summed E-state index contributed by atoms with van der Waals surface area (Å²) in [6, 6.07) is 19.2. The third kappa shape index (κ3) is 9.27. The highest BCUT2D eigenvalue weighted by molar-refractivity contribution is 7.92. The molecule has 0 heterocycles. The van der Waals surface area contributed by atoms with Gasteiger partial charge in [0, 0.05) is 30.6 Å². The molecule has 0 spiro atoms. The number of carbonyl (C=O) groups excluding carboxylic acids is 2. The van der Waals surface area contributed by atoms with Gasteiger partial charge in [-0.25, -0.2) is 8.42 Å². The Morgan fingerprint density at radius 1 is 1.00 bits per heavy atom. The number of sulfonamides is 1. The predicted molar refractivity (Wildman–Crippen MR) is 165 cm³/mol. The first-order valence-electron chi connectivity index (χ1n) is 13.6. The predicted octanol–water partition coefficient (Wildman–Crippen LogP) is 4.23. The van der Waals surface area contributed by atoms with Crippen LogP contribution in [0.25, 0.3) is 0 Å². The smallest absolute Gasteiger partial charge is 0.271 e.